The second kappa shape index (κ2) is 9.14. The Labute approximate surface area is 165 Å². The second-order valence-corrected chi connectivity index (χ2v) is 6.60. The number of carbonyl (C=O) groups is 4. The van der Waals surface area contributed by atoms with Crippen molar-refractivity contribution in [3.8, 4) is 0 Å². The van der Waals surface area contributed by atoms with Crippen LogP contribution in [0.3, 0.4) is 0 Å². The van der Waals surface area contributed by atoms with Gasteiger partial charge >= 0.3 is 11.9 Å². The van der Waals surface area contributed by atoms with Gasteiger partial charge in [0.25, 0.3) is 11.8 Å². The summed E-state index contributed by atoms with van der Waals surface area (Å²) >= 11 is 0.971. The first-order chi connectivity index (χ1) is 13.3. The van der Waals surface area contributed by atoms with Crippen LogP contribution in [0.4, 0.5) is 5.00 Å². The van der Waals surface area contributed by atoms with E-state index in [-0.39, 0.29) is 27.6 Å². The van der Waals surface area contributed by atoms with Gasteiger partial charge in [0.05, 0.1) is 24.8 Å². The Balaban J connectivity index is 2.34. The van der Waals surface area contributed by atoms with Crippen LogP contribution in [0.1, 0.15) is 53.2 Å². The summed E-state index contributed by atoms with van der Waals surface area (Å²) in [6.45, 7) is 3.50. The predicted molar refractivity (Wildman–Crippen MR) is 104 cm³/mol. The smallest absolute Gasteiger partial charge is 0.348 e. The van der Waals surface area contributed by atoms with Gasteiger partial charge in [-0.2, -0.15) is 0 Å². The van der Waals surface area contributed by atoms with E-state index in [0.717, 1.165) is 11.3 Å². The van der Waals surface area contributed by atoms with Gasteiger partial charge in [-0.25, -0.2) is 9.59 Å². The van der Waals surface area contributed by atoms with Crippen molar-refractivity contribution in [2.24, 2.45) is 0 Å². The molecule has 0 aliphatic rings. The first-order valence-electron chi connectivity index (χ1n) is 8.36. The quantitative estimate of drug-likeness (QED) is 0.716. The zero-order valence-corrected chi connectivity index (χ0v) is 16.7. The molecule has 0 saturated heterocycles. The van der Waals surface area contributed by atoms with Crippen LogP contribution < -0.4 is 10.6 Å². The minimum Gasteiger partial charge on any atom is -0.465 e. The van der Waals surface area contributed by atoms with Crippen molar-refractivity contribution in [1.29, 1.82) is 0 Å². The molecule has 1 aromatic heterocycles. The Bertz CT molecular complexity index is 917. The molecular formula is C19H20N2O6S. The topological polar surface area (TPSA) is 111 Å². The van der Waals surface area contributed by atoms with Gasteiger partial charge < -0.3 is 20.1 Å². The van der Waals surface area contributed by atoms with Crippen molar-refractivity contribution >= 4 is 40.1 Å². The maximum absolute atomic E-state index is 12.6. The third-order valence-electron chi connectivity index (χ3n) is 3.86. The number of benzene rings is 1. The van der Waals surface area contributed by atoms with E-state index in [4.69, 9.17) is 4.74 Å². The molecule has 0 spiro atoms. The summed E-state index contributed by atoms with van der Waals surface area (Å²) in [6.07, 6.45) is 0. The van der Waals surface area contributed by atoms with E-state index in [9.17, 15) is 19.2 Å². The number of methoxy groups -OCH3 is 1. The van der Waals surface area contributed by atoms with E-state index >= 15 is 0 Å². The highest BCUT2D eigenvalue weighted by atomic mass is 32.1. The maximum atomic E-state index is 12.6. The monoisotopic (exact) mass is 404 g/mol. The lowest BCUT2D eigenvalue weighted by atomic mass is 10.1. The molecule has 2 N–H and O–H groups in total. The van der Waals surface area contributed by atoms with E-state index < -0.39 is 23.8 Å². The number of nitrogens with one attached hydrogen (secondary N) is 2. The molecule has 2 rings (SSSR count). The minimum atomic E-state index is -0.557. The van der Waals surface area contributed by atoms with E-state index in [1.165, 1.54) is 38.4 Å². The Morgan fingerprint density at radius 2 is 1.61 bits per heavy atom. The molecule has 1 heterocycles. The van der Waals surface area contributed by atoms with Gasteiger partial charge in [0, 0.05) is 12.6 Å². The molecule has 148 valence electrons. The van der Waals surface area contributed by atoms with Crippen LogP contribution in [-0.2, 0) is 9.47 Å². The van der Waals surface area contributed by atoms with Crippen LogP contribution >= 0.6 is 11.3 Å². The fraction of sp³-hybridized carbons (Fsp3) is 0.263. The number of hydrogen-bond donors (Lipinski definition) is 2. The Morgan fingerprint density at radius 1 is 1.00 bits per heavy atom. The summed E-state index contributed by atoms with van der Waals surface area (Å²) in [5.74, 6) is -1.99. The van der Waals surface area contributed by atoms with E-state index in [1.54, 1.807) is 13.8 Å². The summed E-state index contributed by atoms with van der Waals surface area (Å²) in [7, 11) is 2.73. The summed E-state index contributed by atoms with van der Waals surface area (Å²) in [6, 6.07) is 5.86. The average Bonchev–Trinajstić information content (AvgIpc) is 3.02. The summed E-state index contributed by atoms with van der Waals surface area (Å²) in [5.41, 5.74) is 1.22. The van der Waals surface area contributed by atoms with Gasteiger partial charge in [0.15, 0.2) is 0 Å². The molecule has 0 bridgehead atoms. The molecule has 0 atom stereocenters. The molecule has 0 radical (unpaired) electrons. The summed E-state index contributed by atoms with van der Waals surface area (Å²) in [5, 5.41) is 5.39. The molecule has 28 heavy (non-hydrogen) atoms. The van der Waals surface area contributed by atoms with E-state index in [2.05, 4.69) is 15.4 Å². The van der Waals surface area contributed by atoms with Crippen LogP contribution in [0.2, 0.25) is 0 Å². The van der Waals surface area contributed by atoms with Gasteiger partial charge in [-0.05, 0) is 43.7 Å². The zero-order chi connectivity index (χ0) is 20.8. The molecule has 0 unspecified atom stereocenters. The van der Waals surface area contributed by atoms with Crippen LogP contribution in [-0.4, -0.2) is 44.5 Å². The SMILES string of the molecule is CCOC(=O)c1sc(NC(=O)c2ccc(C(=O)OC)cc2)c(C(=O)NC)c1C. The highest BCUT2D eigenvalue weighted by Crippen LogP contribution is 2.34. The first kappa shape index (κ1) is 21.1. The number of thiophene rings is 1. The number of hydrogen-bond acceptors (Lipinski definition) is 7. The van der Waals surface area contributed by atoms with Gasteiger partial charge in [0.1, 0.15) is 9.88 Å². The van der Waals surface area contributed by atoms with Crippen LogP contribution in [0.5, 0.6) is 0 Å². The second-order valence-electron chi connectivity index (χ2n) is 5.58. The van der Waals surface area contributed by atoms with E-state index in [0.29, 0.717) is 11.1 Å². The average molecular weight is 404 g/mol. The van der Waals surface area contributed by atoms with Crippen molar-refractivity contribution < 1.29 is 28.7 Å². The number of rotatable bonds is 6. The zero-order valence-electron chi connectivity index (χ0n) is 15.9. The third kappa shape index (κ3) is 4.37. The highest BCUT2D eigenvalue weighted by Gasteiger charge is 2.26. The van der Waals surface area contributed by atoms with Gasteiger partial charge in [-0.1, -0.05) is 0 Å². The molecule has 9 heteroatoms. The molecular weight excluding hydrogens is 384 g/mol. The Morgan fingerprint density at radius 3 is 2.14 bits per heavy atom. The predicted octanol–water partition coefficient (Wildman–Crippen LogP) is 2.63. The summed E-state index contributed by atoms with van der Waals surface area (Å²) < 4.78 is 9.63. The lowest BCUT2D eigenvalue weighted by Gasteiger charge is -2.07. The van der Waals surface area contributed by atoms with E-state index in [1.807, 2.05) is 0 Å². The number of ether oxygens (including phenoxy) is 2. The first-order valence-corrected chi connectivity index (χ1v) is 9.17. The van der Waals surface area contributed by atoms with Crippen molar-refractivity contribution in [3.63, 3.8) is 0 Å². The van der Waals surface area contributed by atoms with Gasteiger partial charge in [-0.15, -0.1) is 11.3 Å². The van der Waals surface area contributed by atoms with Crippen LogP contribution in [0.25, 0.3) is 0 Å². The number of esters is 2. The molecule has 2 amide bonds. The number of amides is 2. The normalized spacial score (nSPS) is 10.1. The van der Waals surface area contributed by atoms with Crippen molar-refractivity contribution in [1.82, 2.24) is 5.32 Å². The summed E-state index contributed by atoms with van der Waals surface area (Å²) in [4.78, 5) is 48.7. The molecule has 0 saturated carbocycles. The van der Waals surface area contributed by atoms with Crippen molar-refractivity contribution in [3.05, 3.63) is 51.4 Å². The number of carbonyl (C=O) groups excluding carboxylic acids is 4. The van der Waals surface area contributed by atoms with Gasteiger partial charge in [-0.3, -0.25) is 9.59 Å². The molecule has 0 fully saturated rings. The maximum Gasteiger partial charge on any atom is 0.348 e. The highest BCUT2D eigenvalue weighted by molar-refractivity contribution is 7.18. The van der Waals surface area contributed by atoms with Crippen molar-refractivity contribution in [2.75, 3.05) is 26.1 Å². The fourth-order valence-corrected chi connectivity index (χ4v) is 3.54. The third-order valence-corrected chi connectivity index (χ3v) is 5.04. The Hall–Kier alpha value is -3.20. The molecule has 0 aliphatic carbocycles. The molecule has 0 aliphatic heterocycles. The lowest BCUT2D eigenvalue weighted by molar-refractivity contribution is 0.0530. The molecule has 8 nitrogen and oxygen atoms in total. The molecule has 1 aromatic carbocycles. The van der Waals surface area contributed by atoms with Crippen molar-refractivity contribution in [2.45, 2.75) is 13.8 Å². The fourth-order valence-electron chi connectivity index (χ4n) is 2.44. The minimum absolute atomic E-state index is 0.194. The molecule has 2 aromatic rings. The standard InChI is InChI=1S/C19H20N2O6S/c1-5-27-19(25)14-10(2)13(16(23)20-3)17(28-14)21-15(22)11-6-8-12(9-7-11)18(24)26-4/h6-9H,5H2,1-4H3,(H,20,23)(H,21,22). The van der Waals surface area contributed by atoms with Gasteiger partial charge in [0.2, 0.25) is 0 Å². The largest absolute Gasteiger partial charge is 0.465 e. The lowest BCUT2D eigenvalue weighted by Crippen LogP contribution is -2.21. The van der Waals surface area contributed by atoms with Crippen LogP contribution in [0, 0.1) is 6.92 Å². The number of anilines is 1. The van der Waals surface area contributed by atoms with Crippen LogP contribution in [0.15, 0.2) is 24.3 Å². The Kier molecular flexibility index (Phi) is 6.89.